The molecule has 0 radical (unpaired) electrons. The minimum absolute atomic E-state index is 0.236. The average molecular weight is 410 g/mol. The van der Waals surface area contributed by atoms with Crippen LogP contribution in [0.2, 0.25) is 10.0 Å². The van der Waals surface area contributed by atoms with Gasteiger partial charge in [0.15, 0.2) is 0 Å². The fraction of sp³-hybridized carbons (Fsp3) is 0.381. The maximum atomic E-state index is 12.4. The zero-order valence-corrected chi connectivity index (χ0v) is 17.5. The third-order valence-electron chi connectivity index (χ3n) is 4.68. The second-order valence-electron chi connectivity index (χ2n) is 6.62. The molecule has 0 fully saturated rings. The summed E-state index contributed by atoms with van der Waals surface area (Å²) in [5.74, 6) is -0.236. The summed E-state index contributed by atoms with van der Waals surface area (Å²) in [6.07, 6.45) is 1.21. The van der Waals surface area contributed by atoms with Crippen LogP contribution in [-0.2, 0) is 6.54 Å². The molecule has 0 aliphatic rings. The molecular weight excluding hydrogens is 381 g/mol. The maximum Gasteiger partial charge on any atom is 0.257 e. The van der Waals surface area contributed by atoms with E-state index in [0.29, 0.717) is 15.6 Å². The third-order valence-corrected chi connectivity index (χ3v) is 5.23. The summed E-state index contributed by atoms with van der Waals surface area (Å²) in [5.41, 5.74) is 2.37. The van der Waals surface area contributed by atoms with E-state index in [9.17, 15) is 4.79 Å². The Labute approximate surface area is 171 Å². The predicted octanol–water partition coefficient (Wildman–Crippen LogP) is 2.62. The Kier molecular flexibility index (Phi) is 9.08. The molecule has 27 heavy (non-hydrogen) atoms. The van der Waals surface area contributed by atoms with E-state index in [1.165, 1.54) is 31.6 Å². The molecule has 2 rings (SSSR count). The van der Waals surface area contributed by atoms with Gasteiger partial charge in [0.25, 0.3) is 5.91 Å². The number of carbonyl (C=O) groups excluding carboxylic acids is 1. The van der Waals surface area contributed by atoms with Gasteiger partial charge in [-0.25, -0.2) is 0 Å². The van der Waals surface area contributed by atoms with Gasteiger partial charge in [0.2, 0.25) is 0 Å². The van der Waals surface area contributed by atoms with E-state index in [4.69, 9.17) is 23.2 Å². The molecule has 2 aromatic rings. The Hall–Kier alpha value is -1.59. The molecule has 0 saturated heterocycles. The van der Waals surface area contributed by atoms with E-state index in [1.807, 2.05) is 18.2 Å². The third kappa shape index (κ3) is 7.15. The summed E-state index contributed by atoms with van der Waals surface area (Å²) in [5, 5.41) is 6.08. The second kappa shape index (κ2) is 11.3. The first-order valence-electron chi connectivity index (χ1n) is 9.54. The van der Waals surface area contributed by atoms with Crippen molar-refractivity contribution in [2.75, 3.05) is 31.5 Å². The van der Waals surface area contributed by atoms with Crippen LogP contribution in [0.5, 0.6) is 0 Å². The van der Waals surface area contributed by atoms with Gasteiger partial charge in [-0.1, -0.05) is 35.3 Å². The number of nitrogens with two attached hydrogens (primary N) is 1. The van der Waals surface area contributed by atoms with Crippen molar-refractivity contribution in [2.45, 2.75) is 26.8 Å². The van der Waals surface area contributed by atoms with Crippen LogP contribution in [0, 0.1) is 0 Å². The fourth-order valence-corrected chi connectivity index (χ4v) is 3.51. The molecule has 146 valence electrons. The first-order valence-corrected chi connectivity index (χ1v) is 10.3. The first kappa shape index (κ1) is 21.7. The molecule has 0 bridgehead atoms. The molecule has 0 heterocycles. The zero-order chi connectivity index (χ0) is 19.6. The van der Waals surface area contributed by atoms with Crippen molar-refractivity contribution < 1.29 is 15.0 Å². The quantitative estimate of drug-likeness (QED) is 0.519. The van der Waals surface area contributed by atoms with Crippen molar-refractivity contribution in [1.82, 2.24) is 0 Å². The molecule has 4 nitrogen and oxygen atoms in total. The number of benzene rings is 2. The lowest BCUT2D eigenvalue weighted by atomic mass is 10.1. The van der Waals surface area contributed by atoms with Crippen LogP contribution in [0.25, 0.3) is 0 Å². The number of nitrogens with one attached hydrogen (secondary N) is 2. The summed E-state index contributed by atoms with van der Waals surface area (Å²) in [6.45, 7) is 10.1. The minimum atomic E-state index is -0.236. The summed E-state index contributed by atoms with van der Waals surface area (Å²) < 4.78 is 0. The van der Waals surface area contributed by atoms with E-state index < -0.39 is 0 Å². The Morgan fingerprint density at radius 3 is 2.59 bits per heavy atom. The highest BCUT2D eigenvalue weighted by Crippen LogP contribution is 2.22. The molecular formula is C21H29Cl2N3O+2. The van der Waals surface area contributed by atoms with Gasteiger partial charge in [-0.3, -0.25) is 4.79 Å². The highest BCUT2D eigenvalue weighted by Gasteiger charge is 2.11. The summed E-state index contributed by atoms with van der Waals surface area (Å²) in [7, 11) is 0. The van der Waals surface area contributed by atoms with E-state index in [-0.39, 0.29) is 5.91 Å². The van der Waals surface area contributed by atoms with Gasteiger partial charge < -0.3 is 15.5 Å². The molecule has 4 N–H and O–H groups in total. The van der Waals surface area contributed by atoms with Gasteiger partial charge in [0, 0.05) is 22.7 Å². The summed E-state index contributed by atoms with van der Waals surface area (Å²) >= 11 is 12.0. The predicted molar refractivity (Wildman–Crippen MR) is 113 cm³/mol. The molecule has 1 amide bonds. The second-order valence-corrected chi connectivity index (χ2v) is 7.46. The van der Waals surface area contributed by atoms with Crippen LogP contribution in [-0.4, -0.2) is 32.1 Å². The Bertz CT molecular complexity index is 748. The van der Waals surface area contributed by atoms with Crippen molar-refractivity contribution in [3.05, 3.63) is 63.6 Å². The minimum Gasteiger partial charge on any atom is -0.342 e. The molecule has 2 aromatic carbocycles. The van der Waals surface area contributed by atoms with E-state index in [2.05, 4.69) is 30.5 Å². The van der Waals surface area contributed by atoms with Gasteiger partial charge in [-0.15, -0.1) is 0 Å². The number of amides is 1. The zero-order valence-electron chi connectivity index (χ0n) is 16.0. The average Bonchev–Trinajstić information content (AvgIpc) is 2.65. The largest absolute Gasteiger partial charge is 0.342 e. The van der Waals surface area contributed by atoms with E-state index in [0.717, 1.165) is 18.8 Å². The van der Waals surface area contributed by atoms with Crippen molar-refractivity contribution >= 4 is 34.8 Å². The highest BCUT2D eigenvalue weighted by atomic mass is 35.5. The Balaban J connectivity index is 1.85. The number of quaternary nitrogens is 2. The van der Waals surface area contributed by atoms with Crippen LogP contribution in [0.1, 0.15) is 36.2 Å². The molecule has 0 aromatic heterocycles. The standard InChI is InChI=1S/C21H27Cl2N3O/c1-3-26(4-2)12-6-11-24-15-16-7-5-8-18(13-16)25-21(27)19-10-9-17(22)14-20(19)23/h5,7-10,13-14,24H,3-4,6,11-12,15H2,1-2H3,(H,25,27)/p+2. The van der Waals surface area contributed by atoms with Gasteiger partial charge >= 0.3 is 0 Å². The lowest BCUT2D eigenvalue weighted by Crippen LogP contribution is -3.11. The van der Waals surface area contributed by atoms with Gasteiger partial charge in [-0.2, -0.15) is 0 Å². The van der Waals surface area contributed by atoms with Crippen LogP contribution in [0.4, 0.5) is 5.69 Å². The van der Waals surface area contributed by atoms with Gasteiger partial charge in [0.05, 0.1) is 36.8 Å². The highest BCUT2D eigenvalue weighted by molar-refractivity contribution is 6.37. The summed E-state index contributed by atoms with van der Waals surface area (Å²) in [6, 6.07) is 12.8. The normalized spacial score (nSPS) is 11.0. The number of rotatable bonds is 10. The molecule has 0 aliphatic heterocycles. The van der Waals surface area contributed by atoms with E-state index >= 15 is 0 Å². The van der Waals surface area contributed by atoms with E-state index in [1.54, 1.807) is 23.1 Å². The first-order chi connectivity index (χ1) is 13.0. The number of anilines is 1. The molecule has 0 unspecified atom stereocenters. The lowest BCUT2D eigenvalue weighted by molar-refractivity contribution is -0.898. The fourth-order valence-electron chi connectivity index (χ4n) is 3.02. The van der Waals surface area contributed by atoms with Gasteiger partial charge in [-0.05, 0) is 44.2 Å². The molecule has 0 aliphatic carbocycles. The Morgan fingerprint density at radius 2 is 1.89 bits per heavy atom. The van der Waals surface area contributed by atoms with Crippen molar-refractivity contribution in [3.8, 4) is 0 Å². The van der Waals surface area contributed by atoms with Crippen molar-refractivity contribution in [2.24, 2.45) is 0 Å². The SMILES string of the molecule is CC[NH+](CC)CCC[NH2+]Cc1cccc(NC(=O)c2ccc(Cl)cc2Cl)c1. The lowest BCUT2D eigenvalue weighted by Gasteiger charge is -2.14. The number of halogens is 2. The maximum absolute atomic E-state index is 12.4. The van der Waals surface area contributed by atoms with Crippen LogP contribution in [0.15, 0.2) is 42.5 Å². The van der Waals surface area contributed by atoms with Crippen LogP contribution < -0.4 is 15.5 Å². The number of hydrogen-bond donors (Lipinski definition) is 3. The number of hydrogen-bond acceptors (Lipinski definition) is 1. The van der Waals surface area contributed by atoms with Crippen molar-refractivity contribution in [3.63, 3.8) is 0 Å². The van der Waals surface area contributed by atoms with Crippen LogP contribution in [0.3, 0.4) is 0 Å². The smallest absolute Gasteiger partial charge is 0.257 e. The monoisotopic (exact) mass is 409 g/mol. The Morgan fingerprint density at radius 1 is 1.11 bits per heavy atom. The summed E-state index contributed by atoms with van der Waals surface area (Å²) in [4.78, 5) is 14.1. The molecule has 0 spiro atoms. The molecule has 6 heteroatoms. The van der Waals surface area contributed by atoms with Crippen molar-refractivity contribution in [1.29, 1.82) is 0 Å². The number of carbonyl (C=O) groups is 1. The molecule has 0 saturated carbocycles. The van der Waals surface area contributed by atoms with Crippen LogP contribution >= 0.6 is 23.2 Å². The topological polar surface area (TPSA) is 50.1 Å². The molecule has 0 atom stereocenters. The van der Waals surface area contributed by atoms with Gasteiger partial charge in [0.1, 0.15) is 6.54 Å².